The summed E-state index contributed by atoms with van der Waals surface area (Å²) in [5.41, 5.74) is 3.81. The Balaban J connectivity index is 1.62. The minimum absolute atomic E-state index is 0.0369. The molecule has 0 aromatic heterocycles. The van der Waals surface area contributed by atoms with Gasteiger partial charge in [0, 0.05) is 6.54 Å². The third-order valence-corrected chi connectivity index (χ3v) is 9.47. The summed E-state index contributed by atoms with van der Waals surface area (Å²) in [4.78, 5) is -0.891. The lowest BCUT2D eigenvalue weighted by molar-refractivity contribution is 0.0298. The third kappa shape index (κ3) is 3.90. The SMILES string of the molecule is CC(C)c1ccc2c(c1)CC[C@H]1[C@](C)(CNS(=O)(=O)c3c(F)cccc3F)CCC[C@]21C. The molecule has 0 heterocycles. The highest BCUT2D eigenvalue weighted by Gasteiger charge is 2.51. The van der Waals surface area contributed by atoms with E-state index in [0.29, 0.717) is 5.92 Å². The number of sulfonamides is 1. The van der Waals surface area contributed by atoms with E-state index in [1.54, 1.807) is 0 Å². The van der Waals surface area contributed by atoms with Gasteiger partial charge in [0.25, 0.3) is 0 Å². The summed E-state index contributed by atoms with van der Waals surface area (Å²) in [5, 5.41) is 0. The highest BCUT2D eigenvalue weighted by molar-refractivity contribution is 7.89. The molecule has 3 atom stereocenters. The number of hydrogen-bond acceptors (Lipinski definition) is 2. The molecule has 1 N–H and O–H groups in total. The van der Waals surface area contributed by atoms with Gasteiger partial charge in [-0.3, -0.25) is 0 Å². The van der Waals surface area contributed by atoms with Crippen molar-refractivity contribution in [2.45, 2.75) is 76.0 Å². The summed E-state index contributed by atoms with van der Waals surface area (Å²) >= 11 is 0. The normalized spacial score (nSPS) is 27.8. The van der Waals surface area contributed by atoms with Gasteiger partial charge in [-0.2, -0.15) is 0 Å². The molecule has 2 aromatic carbocycles. The molecule has 3 nitrogen and oxygen atoms in total. The van der Waals surface area contributed by atoms with Gasteiger partial charge in [-0.1, -0.05) is 58.4 Å². The largest absolute Gasteiger partial charge is 0.246 e. The standard InChI is InChI=1S/C26H33F2NO2S/c1-17(2)18-9-11-20-19(15-18)10-12-23-25(3,13-6-14-26(20,23)4)16-29-32(30,31)24-21(27)7-5-8-22(24)28/h5,7-9,11,15,17,23,29H,6,10,12-14,16H2,1-4H3/t23-,25-,26+/m0/s1. The first-order valence-electron chi connectivity index (χ1n) is 11.5. The van der Waals surface area contributed by atoms with Crippen molar-refractivity contribution in [2.75, 3.05) is 6.54 Å². The zero-order valence-corrected chi connectivity index (χ0v) is 20.2. The van der Waals surface area contributed by atoms with Crippen LogP contribution in [-0.2, 0) is 21.9 Å². The first-order valence-corrected chi connectivity index (χ1v) is 13.0. The fourth-order valence-corrected chi connectivity index (χ4v) is 7.60. The number of rotatable bonds is 5. The summed E-state index contributed by atoms with van der Waals surface area (Å²) in [6.45, 7) is 9.02. The van der Waals surface area contributed by atoms with E-state index in [0.717, 1.165) is 44.2 Å². The number of aryl methyl sites for hydroxylation is 1. The molecule has 0 aliphatic heterocycles. The number of hydrogen-bond donors (Lipinski definition) is 1. The van der Waals surface area contributed by atoms with Gasteiger partial charge in [0.2, 0.25) is 10.0 Å². The summed E-state index contributed by atoms with van der Waals surface area (Å²) in [5.74, 6) is -1.36. The Morgan fingerprint density at radius 2 is 1.78 bits per heavy atom. The molecule has 0 bridgehead atoms. The van der Waals surface area contributed by atoms with Gasteiger partial charge in [-0.05, 0) is 77.2 Å². The number of nitrogens with one attached hydrogen (secondary N) is 1. The Bertz CT molecular complexity index is 1110. The Morgan fingerprint density at radius 3 is 2.44 bits per heavy atom. The average Bonchev–Trinajstić information content (AvgIpc) is 2.72. The molecule has 1 fully saturated rings. The van der Waals surface area contributed by atoms with Crippen molar-refractivity contribution in [3.8, 4) is 0 Å². The summed E-state index contributed by atoms with van der Waals surface area (Å²) in [6.07, 6.45) is 4.90. The molecule has 2 aromatic rings. The summed E-state index contributed by atoms with van der Waals surface area (Å²) in [7, 11) is -4.29. The van der Waals surface area contributed by atoms with Crippen molar-refractivity contribution >= 4 is 10.0 Å². The Kier molecular flexibility index (Phi) is 6.00. The molecule has 0 amide bonds. The van der Waals surface area contributed by atoms with Gasteiger partial charge in [0.1, 0.15) is 11.6 Å². The Hall–Kier alpha value is -1.79. The van der Waals surface area contributed by atoms with Crippen molar-refractivity contribution in [3.63, 3.8) is 0 Å². The van der Waals surface area contributed by atoms with Gasteiger partial charge in [0.15, 0.2) is 4.90 Å². The van der Waals surface area contributed by atoms with E-state index >= 15 is 0 Å². The van der Waals surface area contributed by atoms with E-state index in [9.17, 15) is 17.2 Å². The second-order valence-electron chi connectivity index (χ2n) is 10.5. The van der Waals surface area contributed by atoms with E-state index in [1.807, 2.05) is 0 Å². The van der Waals surface area contributed by atoms with E-state index in [1.165, 1.54) is 22.8 Å². The maximum absolute atomic E-state index is 14.1. The molecule has 0 radical (unpaired) electrons. The lowest BCUT2D eigenvalue weighted by Crippen LogP contribution is -2.53. The number of fused-ring (bicyclic) bond motifs is 3. The number of benzene rings is 2. The fourth-order valence-electron chi connectivity index (χ4n) is 6.29. The smallest absolute Gasteiger partial charge is 0.210 e. The van der Waals surface area contributed by atoms with Gasteiger partial charge in [-0.25, -0.2) is 21.9 Å². The molecule has 4 rings (SSSR count). The van der Waals surface area contributed by atoms with Gasteiger partial charge in [0.05, 0.1) is 0 Å². The molecule has 174 valence electrons. The van der Waals surface area contributed by atoms with Crippen LogP contribution in [-0.4, -0.2) is 15.0 Å². The third-order valence-electron chi connectivity index (χ3n) is 8.02. The van der Waals surface area contributed by atoms with Crippen LogP contribution in [0.4, 0.5) is 8.78 Å². The van der Waals surface area contributed by atoms with Crippen LogP contribution in [0, 0.1) is 23.0 Å². The first kappa shape index (κ1) is 23.4. The summed E-state index contributed by atoms with van der Waals surface area (Å²) < 4.78 is 56.4. The van der Waals surface area contributed by atoms with E-state index in [-0.39, 0.29) is 23.3 Å². The monoisotopic (exact) mass is 461 g/mol. The molecule has 2 aliphatic rings. The van der Waals surface area contributed by atoms with Crippen molar-refractivity contribution in [1.82, 2.24) is 4.72 Å². The van der Waals surface area contributed by atoms with E-state index in [4.69, 9.17) is 0 Å². The molecular weight excluding hydrogens is 428 g/mol. The molecule has 32 heavy (non-hydrogen) atoms. The lowest BCUT2D eigenvalue weighted by atomic mass is 9.50. The second-order valence-corrected chi connectivity index (χ2v) is 12.2. The zero-order valence-electron chi connectivity index (χ0n) is 19.3. The van der Waals surface area contributed by atoms with Crippen LogP contribution in [0.1, 0.15) is 76.0 Å². The van der Waals surface area contributed by atoms with Crippen molar-refractivity contribution < 1.29 is 17.2 Å². The van der Waals surface area contributed by atoms with Gasteiger partial charge >= 0.3 is 0 Å². The zero-order chi connectivity index (χ0) is 23.3. The van der Waals surface area contributed by atoms with E-state index < -0.39 is 26.6 Å². The fraction of sp³-hybridized carbons (Fsp3) is 0.538. The highest BCUT2D eigenvalue weighted by atomic mass is 32.2. The topological polar surface area (TPSA) is 46.2 Å². The van der Waals surface area contributed by atoms with E-state index in [2.05, 4.69) is 50.6 Å². The molecule has 2 aliphatic carbocycles. The molecule has 0 saturated heterocycles. The minimum atomic E-state index is -4.29. The average molecular weight is 462 g/mol. The predicted molar refractivity (Wildman–Crippen MR) is 123 cm³/mol. The first-order chi connectivity index (χ1) is 15.0. The lowest BCUT2D eigenvalue weighted by Gasteiger charge is -2.55. The van der Waals surface area contributed by atoms with Crippen LogP contribution in [0.5, 0.6) is 0 Å². The van der Waals surface area contributed by atoms with Crippen LogP contribution in [0.25, 0.3) is 0 Å². The second kappa shape index (κ2) is 8.21. The molecule has 1 saturated carbocycles. The van der Waals surface area contributed by atoms with Crippen molar-refractivity contribution in [3.05, 3.63) is 64.7 Å². The van der Waals surface area contributed by atoms with Gasteiger partial charge in [-0.15, -0.1) is 0 Å². The van der Waals surface area contributed by atoms with Crippen molar-refractivity contribution in [1.29, 1.82) is 0 Å². The Labute approximate surface area is 190 Å². The maximum Gasteiger partial charge on any atom is 0.246 e. The highest BCUT2D eigenvalue weighted by Crippen LogP contribution is 2.57. The Morgan fingerprint density at radius 1 is 1.09 bits per heavy atom. The van der Waals surface area contributed by atoms with Gasteiger partial charge < -0.3 is 0 Å². The van der Waals surface area contributed by atoms with Crippen LogP contribution >= 0.6 is 0 Å². The predicted octanol–water partition coefficient (Wildman–Crippen LogP) is 6.08. The van der Waals surface area contributed by atoms with Crippen molar-refractivity contribution in [2.24, 2.45) is 11.3 Å². The van der Waals surface area contributed by atoms with Crippen LogP contribution < -0.4 is 4.72 Å². The summed E-state index contributed by atoms with van der Waals surface area (Å²) in [6, 6.07) is 9.97. The van der Waals surface area contributed by atoms with Crippen LogP contribution in [0.15, 0.2) is 41.3 Å². The van der Waals surface area contributed by atoms with Crippen LogP contribution in [0.3, 0.4) is 0 Å². The molecule has 0 unspecified atom stereocenters. The molecular formula is C26H33F2NO2S. The van der Waals surface area contributed by atoms with Crippen LogP contribution in [0.2, 0.25) is 0 Å². The minimum Gasteiger partial charge on any atom is -0.210 e. The quantitative estimate of drug-likeness (QED) is 0.587. The molecule has 6 heteroatoms. The maximum atomic E-state index is 14.1. The number of halogens is 2. The molecule has 0 spiro atoms.